The molecule has 2 heterocycles. The molecular formula is C15H22ClN3O3S. The molecule has 3 N–H and O–H groups in total. The Labute approximate surface area is 142 Å². The van der Waals surface area contributed by atoms with E-state index < -0.39 is 10.0 Å². The molecule has 0 aliphatic carbocycles. The molecule has 0 radical (unpaired) electrons. The van der Waals surface area contributed by atoms with Gasteiger partial charge in [-0.2, -0.15) is 0 Å². The third-order valence-corrected chi connectivity index (χ3v) is 5.70. The molecule has 0 spiro atoms. The van der Waals surface area contributed by atoms with E-state index in [1.165, 1.54) is 6.07 Å². The van der Waals surface area contributed by atoms with Gasteiger partial charge in [0.05, 0.1) is 4.90 Å². The minimum atomic E-state index is -3.57. The van der Waals surface area contributed by atoms with Crippen LogP contribution in [0.4, 0.5) is 0 Å². The molecule has 1 atom stereocenters. The van der Waals surface area contributed by atoms with E-state index in [4.69, 9.17) is 0 Å². The average Bonchev–Trinajstić information content (AvgIpc) is 2.54. The molecule has 23 heavy (non-hydrogen) atoms. The van der Waals surface area contributed by atoms with E-state index in [-0.39, 0.29) is 23.2 Å². The van der Waals surface area contributed by atoms with Crippen molar-refractivity contribution in [1.29, 1.82) is 0 Å². The van der Waals surface area contributed by atoms with Crippen molar-refractivity contribution in [2.24, 2.45) is 5.92 Å². The lowest BCUT2D eigenvalue weighted by Crippen LogP contribution is -2.38. The minimum absolute atomic E-state index is 0. The number of hydrogen-bond donors (Lipinski definition) is 3. The van der Waals surface area contributed by atoms with Gasteiger partial charge in [-0.25, -0.2) is 13.1 Å². The van der Waals surface area contributed by atoms with Crippen LogP contribution in [0.25, 0.3) is 0 Å². The summed E-state index contributed by atoms with van der Waals surface area (Å²) in [6, 6.07) is 4.80. The summed E-state index contributed by atoms with van der Waals surface area (Å²) in [6.45, 7) is 2.88. The Kier molecular flexibility index (Phi) is 6.02. The summed E-state index contributed by atoms with van der Waals surface area (Å²) in [5.74, 6) is 0.124. The van der Waals surface area contributed by atoms with Crippen LogP contribution in [-0.4, -0.2) is 40.5 Å². The van der Waals surface area contributed by atoms with Crippen molar-refractivity contribution < 1.29 is 13.2 Å². The molecule has 128 valence electrons. The van der Waals surface area contributed by atoms with E-state index in [1.54, 1.807) is 12.1 Å². The summed E-state index contributed by atoms with van der Waals surface area (Å²) >= 11 is 0. The second kappa shape index (κ2) is 7.61. The SMILES string of the molecule is Cl.O=C1NCCc2ccc(S(=O)(=O)NCC3CCCNC3)cc21. The Morgan fingerprint density at radius 2 is 2.09 bits per heavy atom. The molecule has 8 heteroatoms. The Morgan fingerprint density at radius 1 is 1.26 bits per heavy atom. The van der Waals surface area contributed by atoms with Gasteiger partial charge in [0.25, 0.3) is 5.91 Å². The molecule has 1 fully saturated rings. The van der Waals surface area contributed by atoms with Crippen molar-refractivity contribution in [3.05, 3.63) is 29.3 Å². The van der Waals surface area contributed by atoms with Gasteiger partial charge in [0.15, 0.2) is 0 Å². The number of rotatable bonds is 4. The van der Waals surface area contributed by atoms with Crippen LogP contribution < -0.4 is 15.4 Å². The number of carbonyl (C=O) groups excluding carboxylic acids is 1. The van der Waals surface area contributed by atoms with Gasteiger partial charge in [0, 0.05) is 18.7 Å². The molecule has 6 nitrogen and oxygen atoms in total. The number of carbonyl (C=O) groups is 1. The molecule has 2 aliphatic rings. The zero-order valence-electron chi connectivity index (χ0n) is 12.8. The zero-order valence-corrected chi connectivity index (χ0v) is 14.4. The maximum atomic E-state index is 12.4. The Balaban J connectivity index is 0.00000192. The van der Waals surface area contributed by atoms with Crippen LogP contribution >= 0.6 is 12.4 Å². The highest BCUT2D eigenvalue weighted by molar-refractivity contribution is 7.89. The summed E-state index contributed by atoms with van der Waals surface area (Å²) in [5.41, 5.74) is 1.37. The first kappa shape index (κ1) is 18.2. The van der Waals surface area contributed by atoms with Crippen molar-refractivity contribution in [1.82, 2.24) is 15.4 Å². The van der Waals surface area contributed by atoms with Gasteiger partial charge < -0.3 is 10.6 Å². The van der Waals surface area contributed by atoms with E-state index in [2.05, 4.69) is 15.4 Å². The van der Waals surface area contributed by atoms with Crippen LogP contribution in [0, 0.1) is 5.92 Å². The number of piperidine rings is 1. The predicted molar refractivity (Wildman–Crippen MR) is 90.5 cm³/mol. The molecule has 0 saturated carbocycles. The first-order chi connectivity index (χ1) is 10.6. The van der Waals surface area contributed by atoms with Crippen molar-refractivity contribution in [3.63, 3.8) is 0 Å². The first-order valence-corrected chi connectivity index (χ1v) is 9.16. The Morgan fingerprint density at radius 3 is 2.83 bits per heavy atom. The molecule has 1 unspecified atom stereocenters. The number of halogens is 1. The molecule has 1 amide bonds. The lowest BCUT2D eigenvalue weighted by Gasteiger charge is -2.23. The average molecular weight is 360 g/mol. The Hall–Kier alpha value is -1.15. The topological polar surface area (TPSA) is 87.3 Å². The normalized spacial score (nSPS) is 21.0. The van der Waals surface area contributed by atoms with E-state index in [9.17, 15) is 13.2 Å². The molecule has 3 rings (SSSR count). The maximum absolute atomic E-state index is 12.4. The maximum Gasteiger partial charge on any atom is 0.251 e. The van der Waals surface area contributed by atoms with Crippen molar-refractivity contribution in [3.8, 4) is 0 Å². The number of benzene rings is 1. The number of amides is 1. The molecule has 2 aliphatic heterocycles. The van der Waals surface area contributed by atoms with Crippen LogP contribution in [0.3, 0.4) is 0 Å². The highest BCUT2D eigenvalue weighted by Gasteiger charge is 2.22. The molecule has 1 aromatic rings. The van der Waals surface area contributed by atoms with Gasteiger partial charge in [-0.3, -0.25) is 4.79 Å². The second-order valence-corrected chi connectivity index (χ2v) is 7.66. The van der Waals surface area contributed by atoms with Crippen LogP contribution in [0.1, 0.15) is 28.8 Å². The highest BCUT2D eigenvalue weighted by Crippen LogP contribution is 2.19. The summed E-state index contributed by atoms with van der Waals surface area (Å²) in [4.78, 5) is 12.0. The number of nitrogens with one attached hydrogen (secondary N) is 3. The fourth-order valence-electron chi connectivity index (χ4n) is 2.97. The quantitative estimate of drug-likeness (QED) is 0.737. The molecule has 0 bridgehead atoms. The van der Waals surface area contributed by atoms with Gasteiger partial charge in [-0.1, -0.05) is 6.07 Å². The van der Waals surface area contributed by atoms with Gasteiger partial charge in [0.2, 0.25) is 10.0 Å². The molecular weight excluding hydrogens is 338 g/mol. The van der Waals surface area contributed by atoms with Crippen LogP contribution in [0.2, 0.25) is 0 Å². The van der Waals surface area contributed by atoms with E-state index in [0.29, 0.717) is 24.6 Å². The van der Waals surface area contributed by atoms with E-state index in [0.717, 1.165) is 37.9 Å². The van der Waals surface area contributed by atoms with Gasteiger partial charge in [-0.15, -0.1) is 12.4 Å². The van der Waals surface area contributed by atoms with E-state index in [1.807, 2.05) is 0 Å². The minimum Gasteiger partial charge on any atom is -0.352 e. The van der Waals surface area contributed by atoms with Gasteiger partial charge >= 0.3 is 0 Å². The van der Waals surface area contributed by atoms with Crippen LogP contribution in [0.5, 0.6) is 0 Å². The summed E-state index contributed by atoms with van der Waals surface area (Å²) in [7, 11) is -3.57. The first-order valence-electron chi connectivity index (χ1n) is 7.68. The monoisotopic (exact) mass is 359 g/mol. The predicted octanol–water partition coefficient (Wildman–Crippen LogP) is 0.672. The lowest BCUT2D eigenvalue weighted by atomic mass is 10.0. The molecule has 1 aromatic carbocycles. The van der Waals surface area contributed by atoms with Gasteiger partial charge in [0.1, 0.15) is 0 Å². The summed E-state index contributed by atoms with van der Waals surface area (Å²) in [6.07, 6.45) is 2.84. The fourth-order valence-corrected chi connectivity index (χ4v) is 4.11. The summed E-state index contributed by atoms with van der Waals surface area (Å²) in [5, 5.41) is 6.01. The standard InChI is InChI=1S/C15H21N3O3S.ClH/c19-15-14-8-13(4-3-12(14)5-7-17-15)22(20,21)18-10-11-2-1-6-16-9-11;/h3-4,8,11,16,18H,1-2,5-7,9-10H2,(H,17,19);1H. The Bertz CT molecular complexity index is 673. The second-order valence-electron chi connectivity index (χ2n) is 5.89. The molecule has 1 saturated heterocycles. The van der Waals surface area contributed by atoms with Crippen molar-refractivity contribution in [2.75, 3.05) is 26.2 Å². The zero-order chi connectivity index (χ0) is 15.6. The summed E-state index contributed by atoms with van der Waals surface area (Å²) < 4.78 is 27.5. The number of sulfonamides is 1. The van der Waals surface area contributed by atoms with Crippen molar-refractivity contribution in [2.45, 2.75) is 24.2 Å². The largest absolute Gasteiger partial charge is 0.352 e. The smallest absolute Gasteiger partial charge is 0.251 e. The number of hydrogen-bond acceptors (Lipinski definition) is 4. The molecule has 0 aromatic heterocycles. The van der Waals surface area contributed by atoms with Crippen molar-refractivity contribution >= 4 is 28.3 Å². The van der Waals surface area contributed by atoms with E-state index >= 15 is 0 Å². The third kappa shape index (κ3) is 4.23. The van der Waals surface area contributed by atoms with Crippen LogP contribution in [-0.2, 0) is 16.4 Å². The lowest BCUT2D eigenvalue weighted by molar-refractivity contribution is 0.0945. The fraction of sp³-hybridized carbons (Fsp3) is 0.533. The third-order valence-electron chi connectivity index (χ3n) is 4.28. The van der Waals surface area contributed by atoms with Crippen LogP contribution in [0.15, 0.2) is 23.1 Å². The van der Waals surface area contributed by atoms with Gasteiger partial charge in [-0.05, 0) is 56.0 Å². The number of fused-ring (bicyclic) bond motifs is 1. The highest BCUT2D eigenvalue weighted by atomic mass is 35.5.